The lowest BCUT2D eigenvalue weighted by atomic mass is 10.2. The second kappa shape index (κ2) is 5.50. The van der Waals surface area contributed by atoms with E-state index in [0.29, 0.717) is 5.69 Å². The van der Waals surface area contributed by atoms with Crippen LogP contribution in [0.2, 0.25) is 0 Å². The maximum Gasteiger partial charge on any atom is 0.273 e. The number of nitro benzene ring substituents is 1. The molecule has 1 heterocycles. The molecule has 0 saturated heterocycles. The highest BCUT2D eigenvalue weighted by atomic mass is 32.1. The van der Waals surface area contributed by atoms with Crippen molar-refractivity contribution in [2.24, 2.45) is 0 Å². The molecular formula is C12H13N3O2S. The summed E-state index contributed by atoms with van der Waals surface area (Å²) in [7, 11) is 0. The summed E-state index contributed by atoms with van der Waals surface area (Å²) in [5, 5.41) is 21.0. The van der Waals surface area contributed by atoms with Crippen LogP contribution in [0, 0.1) is 10.1 Å². The van der Waals surface area contributed by atoms with Crippen molar-refractivity contribution < 1.29 is 4.92 Å². The third-order valence-corrected chi connectivity index (χ3v) is 3.00. The maximum absolute atomic E-state index is 10.9. The van der Waals surface area contributed by atoms with E-state index < -0.39 is 0 Å². The molecule has 2 rings (SSSR count). The number of benzene rings is 1. The number of nitrogens with zero attached hydrogens (tertiary/aromatic N) is 1. The molecule has 0 fully saturated rings. The van der Waals surface area contributed by atoms with Crippen molar-refractivity contribution in [2.45, 2.75) is 6.92 Å². The molecular weight excluding hydrogens is 250 g/mol. The smallest absolute Gasteiger partial charge is 0.273 e. The van der Waals surface area contributed by atoms with Gasteiger partial charge in [-0.25, -0.2) is 0 Å². The minimum atomic E-state index is -0.389. The normalized spacial score (nSPS) is 10.1. The Morgan fingerprint density at radius 3 is 2.67 bits per heavy atom. The van der Waals surface area contributed by atoms with E-state index in [9.17, 15) is 10.1 Å². The Morgan fingerprint density at radius 1 is 1.28 bits per heavy atom. The first-order valence-electron chi connectivity index (χ1n) is 5.51. The molecule has 0 aliphatic carbocycles. The number of anilines is 3. The third kappa shape index (κ3) is 2.98. The molecule has 1 aromatic heterocycles. The molecule has 18 heavy (non-hydrogen) atoms. The fourth-order valence-corrected chi connectivity index (χ4v) is 2.19. The molecule has 5 nitrogen and oxygen atoms in total. The highest BCUT2D eigenvalue weighted by molar-refractivity contribution is 7.08. The van der Waals surface area contributed by atoms with Gasteiger partial charge in [-0.1, -0.05) is 0 Å². The van der Waals surface area contributed by atoms with Crippen molar-refractivity contribution in [2.75, 3.05) is 17.2 Å². The van der Waals surface area contributed by atoms with Crippen LogP contribution in [-0.2, 0) is 0 Å². The van der Waals surface area contributed by atoms with Gasteiger partial charge in [-0.05, 0) is 24.4 Å². The predicted molar refractivity (Wildman–Crippen MR) is 74.9 cm³/mol. The number of hydrogen-bond acceptors (Lipinski definition) is 5. The standard InChI is InChI=1S/C12H13N3O2S/c1-2-13-10-5-11(7-12(6-10)15(16)17)14-9-3-4-18-8-9/h3-8,13-14H,2H2,1H3. The van der Waals surface area contributed by atoms with Crippen LogP contribution in [0.5, 0.6) is 0 Å². The molecule has 0 radical (unpaired) electrons. The van der Waals surface area contributed by atoms with Crippen molar-refractivity contribution in [3.63, 3.8) is 0 Å². The lowest BCUT2D eigenvalue weighted by Gasteiger charge is -2.08. The number of non-ortho nitro benzene ring substituents is 1. The summed E-state index contributed by atoms with van der Waals surface area (Å²) in [5.41, 5.74) is 2.46. The average Bonchev–Trinajstić information content (AvgIpc) is 2.82. The van der Waals surface area contributed by atoms with Gasteiger partial charge in [0, 0.05) is 41.1 Å². The second-order valence-corrected chi connectivity index (χ2v) is 4.47. The van der Waals surface area contributed by atoms with Crippen LogP contribution in [0.1, 0.15) is 6.92 Å². The minimum absolute atomic E-state index is 0.0752. The van der Waals surface area contributed by atoms with E-state index in [4.69, 9.17) is 0 Å². The molecule has 0 aliphatic rings. The summed E-state index contributed by atoms with van der Waals surface area (Å²) >= 11 is 1.57. The van der Waals surface area contributed by atoms with Gasteiger partial charge in [0.2, 0.25) is 0 Å². The van der Waals surface area contributed by atoms with Gasteiger partial charge in [-0.15, -0.1) is 0 Å². The molecule has 6 heteroatoms. The van der Waals surface area contributed by atoms with Gasteiger partial charge in [0.1, 0.15) is 0 Å². The van der Waals surface area contributed by atoms with Crippen LogP contribution in [0.25, 0.3) is 0 Å². The highest BCUT2D eigenvalue weighted by Gasteiger charge is 2.09. The van der Waals surface area contributed by atoms with Crippen molar-refractivity contribution >= 4 is 34.1 Å². The fourth-order valence-electron chi connectivity index (χ4n) is 1.60. The number of nitrogens with one attached hydrogen (secondary N) is 2. The third-order valence-electron chi connectivity index (χ3n) is 2.32. The summed E-state index contributed by atoms with van der Waals surface area (Å²) in [6, 6.07) is 6.84. The first-order valence-corrected chi connectivity index (χ1v) is 6.46. The van der Waals surface area contributed by atoms with Crippen molar-refractivity contribution in [1.29, 1.82) is 0 Å². The monoisotopic (exact) mass is 263 g/mol. The van der Waals surface area contributed by atoms with E-state index in [1.54, 1.807) is 11.3 Å². The Balaban J connectivity index is 2.30. The fraction of sp³-hybridized carbons (Fsp3) is 0.167. The predicted octanol–water partition coefficient (Wildman–Crippen LogP) is 3.83. The Kier molecular flexibility index (Phi) is 3.78. The zero-order valence-corrected chi connectivity index (χ0v) is 10.7. The van der Waals surface area contributed by atoms with E-state index in [1.807, 2.05) is 29.8 Å². The molecule has 94 valence electrons. The van der Waals surface area contributed by atoms with Gasteiger partial charge in [0.05, 0.1) is 4.92 Å². The van der Waals surface area contributed by atoms with Crippen LogP contribution in [0.4, 0.5) is 22.7 Å². The van der Waals surface area contributed by atoms with Gasteiger partial charge in [0.15, 0.2) is 0 Å². The lowest BCUT2D eigenvalue weighted by molar-refractivity contribution is -0.384. The Hall–Kier alpha value is -2.08. The van der Waals surface area contributed by atoms with Gasteiger partial charge in [-0.3, -0.25) is 10.1 Å². The van der Waals surface area contributed by atoms with E-state index in [0.717, 1.165) is 17.9 Å². The molecule has 2 aromatic rings. The van der Waals surface area contributed by atoms with Crippen LogP contribution in [0.15, 0.2) is 35.0 Å². The molecule has 0 aliphatic heterocycles. The maximum atomic E-state index is 10.9. The minimum Gasteiger partial charge on any atom is -0.385 e. The summed E-state index contributed by atoms with van der Waals surface area (Å²) in [4.78, 5) is 10.5. The Bertz CT molecular complexity index is 540. The van der Waals surface area contributed by atoms with Crippen molar-refractivity contribution in [3.8, 4) is 0 Å². The molecule has 0 bridgehead atoms. The molecule has 1 aromatic carbocycles. The van der Waals surface area contributed by atoms with Crippen molar-refractivity contribution in [3.05, 3.63) is 45.1 Å². The van der Waals surface area contributed by atoms with Crippen LogP contribution in [0.3, 0.4) is 0 Å². The van der Waals surface area contributed by atoms with Crippen LogP contribution >= 0.6 is 11.3 Å². The summed E-state index contributed by atoms with van der Waals surface area (Å²) < 4.78 is 0. The topological polar surface area (TPSA) is 67.2 Å². The Labute approximate surface area is 109 Å². The lowest BCUT2D eigenvalue weighted by Crippen LogP contribution is -1.99. The molecule has 0 amide bonds. The zero-order valence-electron chi connectivity index (χ0n) is 9.84. The number of nitro groups is 1. The zero-order chi connectivity index (χ0) is 13.0. The molecule has 0 saturated carbocycles. The van der Waals surface area contributed by atoms with Crippen molar-refractivity contribution in [1.82, 2.24) is 0 Å². The van der Waals surface area contributed by atoms with Gasteiger partial charge in [-0.2, -0.15) is 11.3 Å². The summed E-state index contributed by atoms with van der Waals surface area (Å²) in [6.07, 6.45) is 0. The SMILES string of the molecule is CCNc1cc(Nc2ccsc2)cc([N+](=O)[O-])c1. The average molecular weight is 263 g/mol. The summed E-state index contributed by atoms with van der Waals surface area (Å²) in [5.74, 6) is 0. The number of rotatable bonds is 5. The van der Waals surface area contributed by atoms with Gasteiger partial charge >= 0.3 is 0 Å². The van der Waals surface area contributed by atoms with Gasteiger partial charge < -0.3 is 10.6 Å². The van der Waals surface area contributed by atoms with E-state index in [1.165, 1.54) is 12.1 Å². The first kappa shape index (κ1) is 12.4. The van der Waals surface area contributed by atoms with Crippen LogP contribution in [-0.4, -0.2) is 11.5 Å². The molecule has 0 spiro atoms. The quantitative estimate of drug-likeness (QED) is 0.635. The largest absolute Gasteiger partial charge is 0.385 e. The number of thiophene rings is 1. The Morgan fingerprint density at radius 2 is 2.06 bits per heavy atom. The number of hydrogen-bond donors (Lipinski definition) is 2. The van der Waals surface area contributed by atoms with E-state index >= 15 is 0 Å². The highest BCUT2D eigenvalue weighted by Crippen LogP contribution is 2.27. The van der Waals surface area contributed by atoms with E-state index in [-0.39, 0.29) is 10.6 Å². The van der Waals surface area contributed by atoms with E-state index in [2.05, 4.69) is 10.6 Å². The summed E-state index contributed by atoms with van der Waals surface area (Å²) in [6.45, 7) is 2.67. The van der Waals surface area contributed by atoms with Gasteiger partial charge in [0.25, 0.3) is 5.69 Å². The molecule has 0 unspecified atom stereocenters. The molecule has 2 N–H and O–H groups in total. The van der Waals surface area contributed by atoms with Crippen LogP contribution < -0.4 is 10.6 Å². The second-order valence-electron chi connectivity index (χ2n) is 3.69. The molecule has 0 atom stereocenters. The first-order chi connectivity index (χ1) is 8.69.